The molecule has 4 rings (SSSR count). The molecule has 1 fully saturated rings. The van der Waals surface area contributed by atoms with Crippen LogP contribution in [0.2, 0.25) is 0 Å². The number of nitrogen functional groups attached to an aromatic ring is 1. The van der Waals surface area contributed by atoms with Gasteiger partial charge in [-0.05, 0) is 12.0 Å². The highest BCUT2D eigenvalue weighted by Gasteiger charge is 2.44. The van der Waals surface area contributed by atoms with Crippen molar-refractivity contribution in [2.45, 2.75) is 37.0 Å². The van der Waals surface area contributed by atoms with Crippen molar-refractivity contribution in [1.82, 2.24) is 24.8 Å². The van der Waals surface area contributed by atoms with E-state index in [1.807, 2.05) is 30.3 Å². The zero-order valence-electron chi connectivity index (χ0n) is 16.0. The molecule has 1 amide bonds. The van der Waals surface area contributed by atoms with Crippen molar-refractivity contribution in [1.29, 1.82) is 0 Å². The number of benzene rings is 1. The molecule has 0 saturated carbocycles. The first-order valence-electron chi connectivity index (χ1n) is 9.47. The number of aliphatic hydroxyl groups excluding tert-OH is 2. The van der Waals surface area contributed by atoms with Crippen molar-refractivity contribution in [2.24, 2.45) is 5.73 Å². The first kappa shape index (κ1) is 20.2. The summed E-state index contributed by atoms with van der Waals surface area (Å²) in [7, 11) is 0. The number of aromatic nitrogens is 4. The van der Waals surface area contributed by atoms with Crippen LogP contribution in [0, 0.1) is 0 Å². The number of nitrogens with zero attached hydrogens (tertiary/aromatic N) is 4. The molecule has 3 heterocycles. The van der Waals surface area contributed by atoms with Gasteiger partial charge in [0, 0.05) is 6.54 Å². The molecule has 0 radical (unpaired) electrons. The van der Waals surface area contributed by atoms with Crippen LogP contribution in [0.3, 0.4) is 0 Å². The van der Waals surface area contributed by atoms with E-state index in [-0.39, 0.29) is 18.3 Å². The molecule has 0 bridgehead atoms. The quantitative estimate of drug-likeness (QED) is 0.329. The van der Waals surface area contributed by atoms with Gasteiger partial charge in [-0.1, -0.05) is 30.3 Å². The molecular formula is C19H23N7O4. The highest BCUT2D eigenvalue weighted by Crippen LogP contribution is 2.31. The van der Waals surface area contributed by atoms with E-state index in [4.69, 9.17) is 16.2 Å². The summed E-state index contributed by atoms with van der Waals surface area (Å²) in [6, 6.07) is 8.68. The number of rotatable bonds is 6. The number of nitrogens with one attached hydrogen (secondary N) is 1. The third-order valence-corrected chi connectivity index (χ3v) is 5.11. The van der Waals surface area contributed by atoms with Crippen LogP contribution in [0.4, 0.5) is 5.82 Å². The van der Waals surface area contributed by atoms with Gasteiger partial charge in [0.05, 0.1) is 12.4 Å². The van der Waals surface area contributed by atoms with Gasteiger partial charge in [0.1, 0.15) is 30.2 Å². The standard InChI is InChI=1S/C19H23N7O4/c20-11(6-10-4-2-1-3-5-10)18(29)22-7-12-14(27)15(28)19(30-12)26-9-25-13-16(21)23-8-24-17(13)26/h1-5,8-9,11-12,14-15,19,27-28H,6-7,20H2,(H,22,29)(H2,21,23,24)/t11-,12+,14+,15+,19+/m0/s1. The summed E-state index contributed by atoms with van der Waals surface area (Å²) in [6.07, 6.45) is -1.19. The van der Waals surface area contributed by atoms with Gasteiger partial charge >= 0.3 is 0 Å². The molecule has 0 unspecified atom stereocenters. The fourth-order valence-electron chi connectivity index (χ4n) is 3.48. The molecule has 30 heavy (non-hydrogen) atoms. The number of hydrogen-bond donors (Lipinski definition) is 5. The van der Waals surface area contributed by atoms with E-state index in [2.05, 4.69) is 20.3 Å². The van der Waals surface area contributed by atoms with Crippen LogP contribution in [0.1, 0.15) is 11.8 Å². The smallest absolute Gasteiger partial charge is 0.237 e. The van der Waals surface area contributed by atoms with Gasteiger partial charge in [-0.2, -0.15) is 0 Å². The number of carbonyl (C=O) groups is 1. The molecule has 3 aromatic rings. The lowest BCUT2D eigenvalue weighted by Crippen LogP contribution is -2.46. The van der Waals surface area contributed by atoms with Gasteiger partial charge in [0.15, 0.2) is 17.7 Å². The second-order valence-electron chi connectivity index (χ2n) is 7.17. The number of amides is 1. The minimum absolute atomic E-state index is 0.0141. The van der Waals surface area contributed by atoms with Gasteiger partial charge < -0.3 is 31.7 Å². The van der Waals surface area contributed by atoms with Gasteiger partial charge in [0.2, 0.25) is 5.91 Å². The number of hydrogen-bond acceptors (Lipinski definition) is 9. The molecule has 5 atom stereocenters. The molecule has 1 aromatic carbocycles. The van der Waals surface area contributed by atoms with Crippen LogP contribution in [0.5, 0.6) is 0 Å². The van der Waals surface area contributed by atoms with Gasteiger partial charge in [-0.15, -0.1) is 0 Å². The summed E-state index contributed by atoms with van der Waals surface area (Å²) in [5, 5.41) is 23.5. The maximum atomic E-state index is 12.3. The summed E-state index contributed by atoms with van der Waals surface area (Å²) in [5.41, 5.74) is 13.4. The first-order valence-corrected chi connectivity index (χ1v) is 9.47. The summed E-state index contributed by atoms with van der Waals surface area (Å²) in [4.78, 5) is 24.5. The van der Waals surface area contributed by atoms with Gasteiger partial charge in [-0.3, -0.25) is 9.36 Å². The van der Waals surface area contributed by atoms with Crippen molar-refractivity contribution in [3.05, 3.63) is 48.5 Å². The molecule has 0 aliphatic carbocycles. The van der Waals surface area contributed by atoms with Crippen molar-refractivity contribution in [2.75, 3.05) is 12.3 Å². The maximum absolute atomic E-state index is 12.3. The fraction of sp³-hybridized carbons (Fsp3) is 0.368. The van der Waals surface area contributed by atoms with Crippen LogP contribution in [-0.2, 0) is 16.0 Å². The van der Waals surface area contributed by atoms with Crippen LogP contribution < -0.4 is 16.8 Å². The van der Waals surface area contributed by atoms with E-state index in [1.165, 1.54) is 17.2 Å². The Morgan fingerprint density at radius 1 is 1.20 bits per heavy atom. The average molecular weight is 413 g/mol. The number of carbonyl (C=O) groups excluding carboxylic acids is 1. The topological polar surface area (TPSA) is 174 Å². The van der Waals surface area contributed by atoms with Gasteiger partial charge in [-0.25, -0.2) is 15.0 Å². The fourth-order valence-corrected chi connectivity index (χ4v) is 3.48. The van der Waals surface area contributed by atoms with E-state index in [1.54, 1.807) is 0 Å². The Hall–Kier alpha value is -3.12. The Morgan fingerprint density at radius 3 is 2.73 bits per heavy atom. The van der Waals surface area contributed by atoms with Crippen molar-refractivity contribution < 1.29 is 19.7 Å². The number of imidazole rings is 1. The highest BCUT2D eigenvalue weighted by molar-refractivity contribution is 5.82. The zero-order chi connectivity index (χ0) is 21.3. The molecule has 2 aromatic heterocycles. The molecular weight excluding hydrogens is 390 g/mol. The number of ether oxygens (including phenoxy) is 1. The minimum atomic E-state index is -1.25. The summed E-state index contributed by atoms with van der Waals surface area (Å²) < 4.78 is 7.27. The molecule has 11 heteroatoms. The number of anilines is 1. The normalized spacial score (nSPS) is 24.8. The molecule has 1 aliphatic rings. The number of fused-ring (bicyclic) bond motifs is 1. The summed E-state index contributed by atoms with van der Waals surface area (Å²) >= 11 is 0. The second-order valence-corrected chi connectivity index (χ2v) is 7.17. The molecule has 1 saturated heterocycles. The van der Waals surface area contributed by atoms with Crippen LogP contribution in [0.15, 0.2) is 43.0 Å². The van der Waals surface area contributed by atoms with Crippen molar-refractivity contribution in [3.8, 4) is 0 Å². The molecule has 7 N–H and O–H groups in total. The van der Waals surface area contributed by atoms with E-state index >= 15 is 0 Å². The highest BCUT2D eigenvalue weighted by atomic mass is 16.6. The summed E-state index contributed by atoms with van der Waals surface area (Å²) in [5.74, 6) is -0.177. The summed E-state index contributed by atoms with van der Waals surface area (Å²) in [6.45, 7) is -0.0141. The molecule has 158 valence electrons. The van der Waals surface area contributed by atoms with Crippen LogP contribution in [-0.4, -0.2) is 66.5 Å². The lowest BCUT2D eigenvalue weighted by atomic mass is 10.1. The number of aliphatic hydroxyl groups is 2. The first-order chi connectivity index (χ1) is 14.5. The molecule has 11 nitrogen and oxygen atoms in total. The lowest BCUT2D eigenvalue weighted by molar-refractivity contribution is -0.123. The zero-order valence-corrected chi connectivity index (χ0v) is 16.0. The van der Waals surface area contributed by atoms with E-state index < -0.39 is 30.6 Å². The Bertz CT molecular complexity index is 1030. The third-order valence-electron chi connectivity index (χ3n) is 5.11. The minimum Gasteiger partial charge on any atom is -0.387 e. The van der Waals surface area contributed by atoms with Crippen LogP contribution in [0.25, 0.3) is 11.2 Å². The Kier molecular flexibility index (Phi) is 5.59. The van der Waals surface area contributed by atoms with Gasteiger partial charge in [0.25, 0.3) is 0 Å². The van der Waals surface area contributed by atoms with Crippen molar-refractivity contribution >= 4 is 22.9 Å². The lowest BCUT2D eigenvalue weighted by Gasteiger charge is -2.18. The van der Waals surface area contributed by atoms with Crippen LogP contribution >= 0.6 is 0 Å². The third kappa shape index (κ3) is 3.83. The Balaban J connectivity index is 1.39. The predicted molar refractivity (Wildman–Crippen MR) is 107 cm³/mol. The van der Waals surface area contributed by atoms with E-state index in [0.29, 0.717) is 17.6 Å². The average Bonchev–Trinajstić information content (AvgIpc) is 3.29. The van der Waals surface area contributed by atoms with E-state index in [0.717, 1.165) is 5.56 Å². The van der Waals surface area contributed by atoms with E-state index in [9.17, 15) is 15.0 Å². The predicted octanol–water partition coefficient (Wildman–Crippen LogP) is -1.29. The maximum Gasteiger partial charge on any atom is 0.237 e. The molecule has 0 spiro atoms. The largest absolute Gasteiger partial charge is 0.387 e. The number of nitrogens with two attached hydrogens (primary N) is 2. The Morgan fingerprint density at radius 2 is 1.97 bits per heavy atom. The monoisotopic (exact) mass is 413 g/mol. The SMILES string of the molecule is Nc1ncnc2c1ncn2[C@@H]1O[C@H](CNC(=O)[C@@H](N)Cc2ccccc2)[C@@H](O)[C@H]1O. The second kappa shape index (κ2) is 8.32. The Labute approximate surface area is 171 Å². The van der Waals surface area contributed by atoms with Crippen molar-refractivity contribution in [3.63, 3.8) is 0 Å². The molecule has 1 aliphatic heterocycles.